The second-order valence-corrected chi connectivity index (χ2v) is 2.83. The van der Waals surface area contributed by atoms with Gasteiger partial charge in [0.1, 0.15) is 0 Å². The minimum atomic E-state index is 0.0441. The molecule has 0 aromatic carbocycles. The van der Waals surface area contributed by atoms with Gasteiger partial charge in [0.25, 0.3) is 0 Å². The van der Waals surface area contributed by atoms with Crippen LogP contribution in [0.4, 0.5) is 0 Å². The first-order valence-corrected chi connectivity index (χ1v) is 3.87. The zero-order valence-electron chi connectivity index (χ0n) is 7.35. The highest BCUT2D eigenvalue weighted by atomic mass is 16.1. The number of nitrogens with one attached hydrogen (secondary N) is 1. The summed E-state index contributed by atoms with van der Waals surface area (Å²) in [5.41, 5.74) is 8.02. The van der Waals surface area contributed by atoms with Crippen molar-refractivity contribution in [3.05, 3.63) is 17.0 Å². The fraction of sp³-hybridized carbons (Fsp3) is 0.500. The molecule has 0 saturated heterocycles. The largest absolute Gasteiger partial charge is 0.324 e. The standard InChI is InChI=1S/C8H13N3O/c1-5-8(3-7(12)4-9)6(2)11-10-5/h3-4,9H2,1-2H3,(H,10,11). The van der Waals surface area contributed by atoms with E-state index in [0.29, 0.717) is 6.42 Å². The van der Waals surface area contributed by atoms with Gasteiger partial charge in [-0.2, -0.15) is 5.10 Å². The fourth-order valence-electron chi connectivity index (χ4n) is 1.10. The normalized spacial score (nSPS) is 10.2. The van der Waals surface area contributed by atoms with Gasteiger partial charge in [-0.1, -0.05) is 0 Å². The summed E-state index contributed by atoms with van der Waals surface area (Å²) in [6.07, 6.45) is 0.394. The quantitative estimate of drug-likeness (QED) is 0.670. The molecule has 0 spiro atoms. The van der Waals surface area contributed by atoms with E-state index in [4.69, 9.17) is 5.73 Å². The number of carbonyl (C=O) groups excluding carboxylic acids is 1. The molecule has 1 heterocycles. The Bertz CT molecular complexity index is 271. The van der Waals surface area contributed by atoms with Crippen LogP contribution in [0.1, 0.15) is 17.0 Å². The number of aryl methyl sites for hydroxylation is 2. The maximum absolute atomic E-state index is 11.0. The molecule has 12 heavy (non-hydrogen) atoms. The number of nitrogens with two attached hydrogens (primary N) is 1. The van der Waals surface area contributed by atoms with Gasteiger partial charge >= 0.3 is 0 Å². The molecule has 0 radical (unpaired) electrons. The second-order valence-electron chi connectivity index (χ2n) is 2.83. The number of aromatic amines is 1. The van der Waals surface area contributed by atoms with Crippen molar-refractivity contribution in [2.75, 3.05) is 6.54 Å². The van der Waals surface area contributed by atoms with Crippen LogP contribution in [0, 0.1) is 13.8 Å². The Balaban J connectivity index is 2.80. The van der Waals surface area contributed by atoms with Crippen LogP contribution in [0.5, 0.6) is 0 Å². The Morgan fingerprint density at radius 1 is 1.58 bits per heavy atom. The first-order valence-electron chi connectivity index (χ1n) is 3.87. The van der Waals surface area contributed by atoms with Gasteiger partial charge in [0.05, 0.1) is 12.2 Å². The lowest BCUT2D eigenvalue weighted by atomic mass is 10.1. The highest BCUT2D eigenvalue weighted by molar-refractivity contribution is 5.82. The van der Waals surface area contributed by atoms with E-state index in [1.54, 1.807) is 0 Å². The van der Waals surface area contributed by atoms with E-state index in [1.807, 2.05) is 13.8 Å². The number of hydrogen-bond donors (Lipinski definition) is 2. The summed E-state index contributed by atoms with van der Waals surface area (Å²) in [6.45, 7) is 3.88. The van der Waals surface area contributed by atoms with E-state index < -0.39 is 0 Å². The molecule has 0 unspecified atom stereocenters. The Morgan fingerprint density at radius 3 is 2.67 bits per heavy atom. The molecule has 1 aromatic rings. The predicted molar refractivity (Wildman–Crippen MR) is 45.8 cm³/mol. The number of aromatic nitrogens is 2. The maximum atomic E-state index is 11.0. The van der Waals surface area contributed by atoms with Crippen molar-refractivity contribution in [2.45, 2.75) is 20.3 Å². The summed E-state index contributed by atoms with van der Waals surface area (Å²) in [4.78, 5) is 11.0. The van der Waals surface area contributed by atoms with Crippen LogP contribution in [-0.4, -0.2) is 22.5 Å². The van der Waals surface area contributed by atoms with Crippen LogP contribution < -0.4 is 5.73 Å². The van der Waals surface area contributed by atoms with Gasteiger partial charge in [-0.25, -0.2) is 0 Å². The number of nitrogens with zero attached hydrogens (tertiary/aromatic N) is 1. The molecule has 0 saturated carbocycles. The van der Waals surface area contributed by atoms with Crippen molar-refractivity contribution in [2.24, 2.45) is 5.73 Å². The van der Waals surface area contributed by atoms with Crippen LogP contribution >= 0.6 is 0 Å². The lowest BCUT2D eigenvalue weighted by Gasteiger charge is -1.97. The van der Waals surface area contributed by atoms with E-state index in [2.05, 4.69) is 10.2 Å². The summed E-state index contributed by atoms with van der Waals surface area (Å²) >= 11 is 0. The summed E-state index contributed by atoms with van der Waals surface area (Å²) in [5.74, 6) is 0.0441. The minimum absolute atomic E-state index is 0.0441. The molecule has 1 rings (SSSR count). The lowest BCUT2D eigenvalue weighted by molar-refractivity contribution is -0.117. The van der Waals surface area contributed by atoms with Crippen molar-refractivity contribution in [1.82, 2.24) is 10.2 Å². The van der Waals surface area contributed by atoms with Gasteiger partial charge in [0, 0.05) is 17.7 Å². The van der Waals surface area contributed by atoms with Crippen LogP contribution in [-0.2, 0) is 11.2 Å². The first kappa shape index (κ1) is 8.93. The molecular formula is C8H13N3O. The molecule has 0 atom stereocenters. The number of rotatable bonds is 3. The van der Waals surface area contributed by atoms with Gasteiger partial charge in [-0.15, -0.1) is 0 Å². The molecule has 4 heteroatoms. The molecular weight excluding hydrogens is 154 g/mol. The molecule has 0 bridgehead atoms. The number of carbonyl (C=O) groups is 1. The van der Waals surface area contributed by atoms with Crippen LogP contribution in [0.2, 0.25) is 0 Å². The second kappa shape index (κ2) is 3.49. The molecule has 0 fully saturated rings. The van der Waals surface area contributed by atoms with Gasteiger partial charge < -0.3 is 5.73 Å². The third-order valence-corrected chi connectivity index (χ3v) is 1.88. The van der Waals surface area contributed by atoms with E-state index in [1.165, 1.54) is 0 Å². The van der Waals surface area contributed by atoms with E-state index >= 15 is 0 Å². The predicted octanol–water partition coefficient (Wildman–Crippen LogP) is 0.0968. The highest BCUT2D eigenvalue weighted by Crippen LogP contribution is 2.09. The number of Topliss-reactive ketones (excluding diaryl/α,β-unsaturated/α-hetero) is 1. The third kappa shape index (κ3) is 1.71. The van der Waals surface area contributed by atoms with Crippen LogP contribution in [0.25, 0.3) is 0 Å². The Labute approximate surface area is 71.2 Å². The molecule has 66 valence electrons. The van der Waals surface area contributed by atoms with E-state index in [-0.39, 0.29) is 12.3 Å². The molecule has 4 nitrogen and oxygen atoms in total. The highest BCUT2D eigenvalue weighted by Gasteiger charge is 2.09. The third-order valence-electron chi connectivity index (χ3n) is 1.88. The zero-order chi connectivity index (χ0) is 9.14. The summed E-state index contributed by atoms with van der Waals surface area (Å²) < 4.78 is 0. The smallest absolute Gasteiger partial charge is 0.150 e. The van der Waals surface area contributed by atoms with Crippen LogP contribution in [0.15, 0.2) is 0 Å². The van der Waals surface area contributed by atoms with Crippen molar-refractivity contribution in [1.29, 1.82) is 0 Å². The summed E-state index contributed by atoms with van der Waals surface area (Å²) in [5, 5.41) is 6.81. The lowest BCUT2D eigenvalue weighted by Crippen LogP contribution is -2.16. The van der Waals surface area contributed by atoms with Crippen molar-refractivity contribution >= 4 is 5.78 Å². The summed E-state index contributed by atoms with van der Waals surface area (Å²) in [7, 11) is 0. The maximum Gasteiger partial charge on any atom is 0.150 e. The number of ketones is 1. The van der Waals surface area contributed by atoms with Gasteiger partial charge in [0.15, 0.2) is 5.78 Å². The number of hydrogen-bond acceptors (Lipinski definition) is 3. The SMILES string of the molecule is Cc1n[nH]c(C)c1CC(=O)CN. The average molecular weight is 167 g/mol. The molecule has 0 aliphatic carbocycles. The van der Waals surface area contributed by atoms with Gasteiger partial charge in [-0.3, -0.25) is 9.89 Å². The van der Waals surface area contributed by atoms with E-state index in [0.717, 1.165) is 17.0 Å². The monoisotopic (exact) mass is 167 g/mol. The first-order chi connectivity index (χ1) is 5.65. The molecule has 1 aromatic heterocycles. The molecule has 0 aliphatic heterocycles. The van der Waals surface area contributed by atoms with E-state index in [9.17, 15) is 4.79 Å². The molecule has 3 N–H and O–H groups in total. The Morgan fingerprint density at radius 2 is 2.25 bits per heavy atom. The summed E-state index contributed by atoms with van der Waals surface area (Å²) in [6, 6.07) is 0. The van der Waals surface area contributed by atoms with Gasteiger partial charge in [0.2, 0.25) is 0 Å². The Hall–Kier alpha value is -1.16. The minimum Gasteiger partial charge on any atom is -0.324 e. The van der Waals surface area contributed by atoms with Crippen molar-refractivity contribution in [3.63, 3.8) is 0 Å². The zero-order valence-corrected chi connectivity index (χ0v) is 7.35. The van der Waals surface area contributed by atoms with Crippen molar-refractivity contribution in [3.8, 4) is 0 Å². The topological polar surface area (TPSA) is 71.8 Å². The molecule has 0 amide bonds. The van der Waals surface area contributed by atoms with Gasteiger partial charge in [-0.05, 0) is 13.8 Å². The fourth-order valence-corrected chi connectivity index (χ4v) is 1.10. The van der Waals surface area contributed by atoms with Crippen LogP contribution in [0.3, 0.4) is 0 Å². The van der Waals surface area contributed by atoms with Crippen molar-refractivity contribution < 1.29 is 4.79 Å². The average Bonchev–Trinajstić information content (AvgIpc) is 2.35. The number of H-pyrrole nitrogens is 1. The Kier molecular flexibility index (Phi) is 2.60. The molecule has 0 aliphatic rings.